The second-order valence-electron chi connectivity index (χ2n) is 9.68. The topological polar surface area (TPSA) is 77.1 Å². The molecule has 0 aliphatic heterocycles. The minimum absolute atomic E-state index is 0.0963. The Morgan fingerprint density at radius 3 is 2.13 bits per heavy atom. The lowest BCUT2D eigenvalue weighted by Gasteiger charge is -2.32. The van der Waals surface area contributed by atoms with Gasteiger partial charge in [0.05, 0.1) is 14.2 Å². The molecule has 0 saturated heterocycles. The molecule has 0 bridgehead atoms. The van der Waals surface area contributed by atoms with E-state index in [0.717, 1.165) is 31.2 Å². The molecule has 2 amide bonds. The lowest BCUT2D eigenvalue weighted by molar-refractivity contribution is -0.143. The number of nitrogens with zero attached hydrogens (tertiary/aromatic N) is 1. The highest BCUT2D eigenvalue weighted by molar-refractivity contribution is 5.88. The van der Waals surface area contributed by atoms with E-state index in [0.29, 0.717) is 29.2 Å². The summed E-state index contributed by atoms with van der Waals surface area (Å²) in [6.07, 6.45) is 4.33. The Morgan fingerprint density at radius 1 is 0.897 bits per heavy atom. The molecule has 7 nitrogen and oxygen atoms in total. The maximum Gasteiger partial charge on any atom is 0.261 e. The van der Waals surface area contributed by atoms with E-state index in [4.69, 9.17) is 14.2 Å². The van der Waals surface area contributed by atoms with Crippen LogP contribution in [0, 0.1) is 5.82 Å². The molecule has 0 aromatic heterocycles. The van der Waals surface area contributed by atoms with Crippen molar-refractivity contribution in [2.24, 2.45) is 0 Å². The highest BCUT2D eigenvalue weighted by Crippen LogP contribution is 2.28. The number of nitrogens with one attached hydrogen (secondary N) is 1. The van der Waals surface area contributed by atoms with E-state index in [1.165, 1.54) is 31.3 Å². The second-order valence-corrected chi connectivity index (χ2v) is 9.68. The van der Waals surface area contributed by atoms with Gasteiger partial charge >= 0.3 is 0 Å². The van der Waals surface area contributed by atoms with Crippen molar-refractivity contribution in [3.63, 3.8) is 0 Å². The highest BCUT2D eigenvalue weighted by Gasteiger charge is 2.32. The number of ether oxygens (including phenoxy) is 3. The van der Waals surface area contributed by atoms with Crippen molar-refractivity contribution in [1.29, 1.82) is 0 Å². The monoisotopic (exact) mass is 534 g/mol. The molecule has 1 saturated carbocycles. The predicted molar refractivity (Wildman–Crippen MR) is 146 cm³/mol. The third-order valence-electron chi connectivity index (χ3n) is 6.93. The molecule has 3 aromatic carbocycles. The van der Waals surface area contributed by atoms with Crippen LogP contribution < -0.4 is 19.5 Å². The third kappa shape index (κ3) is 7.96. The summed E-state index contributed by atoms with van der Waals surface area (Å²) < 4.78 is 30.1. The molecule has 8 heteroatoms. The number of amides is 2. The molecule has 1 N–H and O–H groups in total. The van der Waals surface area contributed by atoms with Gasteiger partial charge < -0.3 is 24.4 Å². The molecule has 206 valence electrons. The maximum absolute atomic E-state index is 13.8. The molecule has 1 atom stereocenters. The Bertz CT molecular complexity index is 1210. The number of hydrogen-bond donors (Lipinski definition) is 1. The van der Waals surface area contributed by atoms with Crippen LogP contribution in [0.1, 0.15) is 36.8 Å². The van der Waals surface area contributed by atoms with Gasteiger partial charge in [0.1, 0.15) is 29.1 Å². The van der Waals surface area contributed by atoms with Gasteiger partial charge in [0.25, 0.3) is 5.91 Å². The first-order valence-electron chi connectivity index (χ1n) is 13.2. The molecule has 1 fully saturated rings. The van der Waals surface area contributed by atoms with Gasteiger partial charge in [-0.1, -0.05) is 55.3 Å². The zero-order valence-corrected chi connectivity index (χ0v) is 22.4. The van der Waals surface area contributed by atoms with Gasteiger partial charge in [-0.3, -0.25) is 9.59 Å². The Morgan fingerprint density at radius 2 is 1.51 bits per heavy atom. The van der Waals surface area contributed by atoms with E-state index in [1.807, 2.05) is 30.3 Å². The largest absolute Gasteiger partial charge is 0.496 e. The van der Waals surface area contributed by atoms with Crippen LogP contribution in [0.4, 0.5) is 4.39 Å². The van der Waals surface area contributed by atoms with Gasteiger partial charge in [0.15, 0.2) is 6.61 Å². The Balaban J connectivity index is 1.61. The van der Waals surface area contributed by atoms with Crippen LogP contribution in [0.25, 0.3) is 0 Å². The molecule has 0 spiro atoms. The molecule has 4 rings (SSSR count). The number of hydrogen-bond acceptors (Lipinski definition) is 5. The van der Waals surface area contributed by atoms with E-state index >= 15 is 0 Å². The Labute approximate surface area is 228 Å². The summed E-state index contributed by atoms with van der Waals surface area (Å²) in [7, 11) is 3.07. The molecular weight excluding hydrogens is 499 g/mol. The molecule has 3 aromatic rings. The first-order valence-corrected chi connectivity index (χ1v) is 13.2. The molecule has 0 heterocycles. The first kappa shape index (κ1) is 28.0. The van der Waals surface area contributed by atoms with Gasteiger partial charge in [0, 0.05) is 37.2 Å². The lowest BCUT2D eigenvalue weighted by Crippen LogP contribution is -2.53. The average Bonchev–Trinajstić information content (AvgIpc) is 3.48. The molecule has 1 aliphatic rings. The molecule has 0 radical (unpaired) electrons. The van der Waals surface area contributed by atoms with Crippen LogP contribution in [-0.4, -0.2) is 49.6 Å². The third-order valence-corrected chi connectivity index (χ3v) is 6.93. The van der Waals surface area contributed by atoms with E-state index in [-0.39, 0.29) is 36.8 Å². The van der Waals surface area contributed by atoms with Crippen molar-refractivity contribution in [2.75, 3.05) is 20.8 Å². The highest BCUT2D eigenvalue weighted by atomic mass is 19.1. The minimum Gasteiger partial charge on any atom is -0.496 e. The van der Waals surface area contributed by atoms with Crippen molar-refractivity contribution in [1.82, 2.24) is 10.2 Å². The Kier molecular flexibility index (Phi) is 9.78. The number of methoxy groups -OCH3 is 2. The number of carbonyl (C=O) groups is 2. The number of halogens is 1. The first-order chi connectivity index (χ1) is 18.9. The summed E-state index contributed by atoms with van der Waals surface area (Å²) in [5.41, 5.74) is 1.64. The molecule has 0 unspecified atom stereocenters. The van der Waals surface area contributed by atoms with Crippen molar-refractivity contribution in [3.05, 3.63) is 89.7 Å². The maximum atomic E-state index is 13.8. The van der Waals surface area contributed by atoms with Crippen LogP contribution in [0.15, 0.2) is 72.8 Å². The second kappa shape index (κ2) is 13.6. The minimum atomic E-state index is -0.783. The van der Waals surface area contributed by atoms with Gasteiger partial charge in [-0.2, -0.15) is 0 Å². The van der Waals surface area contributed by atoms with Crippen LogP contribution in [0.3, 0.4) is 0 Å². The summed E-state index contributed by atoms with van der Waals surface area (Å²) in [5, 5.41) is 3.17. The van der Waals surface area contributed by atoms with Crippen molar-refractivity contribution >= 4 is 11.8 Å². The number of carbonyl (C=O) groups excluding carboxylic acids is 2. The zero-order valence-electron chi connectivity index (χ0n) is 22.4. The van der Waals surface area contributed by atoms with Crippen LogP contribution in [0.5, 0.6) is 17.2 Å². The summed E-state index contributed by atoms with van der Waals surface area (Å²) in [6, 6.07) is 19.9. The quantitative estimate of drug-likeness (QED) is 0.357. The van der Waals surface area contributed by atoms with Crippen molar-refractivity contribution < 1.29 is 28.2 Å². The molecular formula is C31H35FN2O5. The van der Waals surface area contributed by atoms with Crippen LogP contribution in [-0.2, 0) is 22.6 Å². The van der Waals surface area contributed by atoms with Crippen LogP contribution in [0.2, 0.25) is 0 Å². The fourth-order valence-corrected chi connectivity index (χ4v) is 4.80. The van der Waals surface area contributed by atoms with E-state index in [9.17, 15) is 14.0 Å². The predicted octanol–water partition coefficient (Wildman–Crippen LogP) is 4.92. The summed E-state index contributed by atoms with van der Waals surface area (Å²) in [6.45, 7) is -0.182. The fourth-order valence-electron chi connectivity index (χ4n) is 4.80. The van der Waals surface area contributed by atoms with Gasteiger partial charge in [-0.25, -0.2) is 4.39 Å². The molecule has 39 heavy (non-hydrogen) atoms. The van der Waals surface area contributed by atoms with E-state index < -0.39 is 6.04 Å². The van der Waals surface area contributed by atoms with Crippen molar-refractivity contribution in [2.45, 2.75) is 50.7 Å². The van der Waals surface area contributed by atoms with Crippen LogP contribution >= 0.6 is 0 Å². The summed E-state index contributed by atoms with van der Waals surface area (Å²) in [4.78, 5) is 29.0. The number of rotatable bonds is 12. The van der Waals surface area contributed by atoms with E-state index in [2.05, 4.69) is 5.32 Å². The van der Waals surface area contributed by atoms with Gasteiger partial charge in [-0.15, -0.1) is 0 Å². The van der Waals surface area contributed by atoms with Crippen molar-refractivity contribution in [3.8, 4) is 17.2 Å². The van der Waals surface area contributed by atoms with Gasteiger partial charge in [0.2, 0.25) is 5.91 Å². The average molecular weight is 535 g/mol. The number of benzene rings is 3. The molecule has 1 aliphatic carbocycles. The fraction of sp³-hybridized carbons (Fsp3) is 0.355. The normalized spacial score (nSPS) is 13.9. The van der Waals surface area contributed by atoms with E-state index in [1.54, 1.807) is 30.3 Å². The summed E-state index contributed by atoms with van der Waals surface area (Å²) >= 11 is 0. The zero-order chi connectivity index (χ0) is 27.6. The Hall–Kier alpha value is -4.07. The summed E-state index contributed by atoms with van der Waals surface area (Å²) in [5.74, 6) is 0.506. The van der Waals surface area contributed by atoms with Gasteiger partial charge in [-0.05, 0) is 36.1 Å². The lowest BCUT2D eigenvalue weighted by atomic mass is 10.0. The standard InChI is InChI=1S/C31H35FN2O5/c1-37-26-17-27(38-2)19-28(18-26)39-21-30(35)34(20-23-12-14-24(32)15-13-23)29(16-22-8-4-3-5-9-22)31(36)33-25-10-6-7-11-25/h3-5,8-9,12-15,17-19,25,29H,6-7,10-11,16,20-21H2,1-2H3,(H,33,36)/t29-/m1/s1. The smallest absolute Gasteiger partial charge is 0.261 e. The SMILES string of the molecule is COc1cc(OC)cc(OCC(=O)N(Cc2ccc(F)cc2)[C@H](Cc2ccccc2)C(=O)NC2CCCC2)c1.